The average molecular weight is 312 g/mol. The number of aromatic carboxylic acids is 1. The van der Waals surface area contributed by atoms with Crippen LogP contribution in [0.3, 0.4) is 0 Å². The zero-order valence-electron chi connectivity index (χ0n) is 12.6. The molecule has 0 saturated heterocycles. The SMILES string of the molecule is O=C(O)c1ncc(Nc2cccc(F)c2)c2c1C1CCC2CC1. The molecule has 0 unspecified atom stereocenters. The van der Waals surface area contributed by atoms with Crippen LogP contribution in [0.1, 0.15) is 59.1 Å². The molecule has 0 amide bonds. The highest BCUT2D eigenvalue weighted by atomic mass is 19.1. The molecule has 2 N–H and O–H groups in total. The molecule has 2 aromatic rings. The number of hydrogen-bond acceptors (Lipinski definition) is 3. The molecule has 4 nitrogen and oxygen atoms in total. The molecule has 118 valence electrons. The molecule has 1 heterocycles. The average Bonchev–Trinajstić information content (AvgIpc) is 2.56. The van der Waals surface area contributed by atoms with E-state index >= 15 is 0 Å². The van der Waals surface area contributed by atoms with Crippen LogP contribution >= 0.6 is 0 Å². The van der Waals surface area contributed by atoms with Crippen molar-refractivity contribution in [3.8, 4) is 0 Å². The Kier molecular flexibility index (Phi) is 3.29. The van der Waals surface area contributed by atoms with Gasteiger partial charge in [-0.15, -0.1) is 0 Å². The van der Waals surface area contributed by atoms with Gasteiger partial charge in [-0.25, -0.2) is 14.2 Å². The van der Waals surface area contributed by atoms with Gasteiger partial charge in [0.1, 0.15) is 5.82 Å². The number of nitrogens with one attached hydrogen (secondary N) is 1. The summed E-state index contributed by atoms with van der Waals surface area (Å²) >= 11 is 0. The number of anilines is 2. The van der Waals surface area contributed by atoms with Crippen molar-refractivity contribution in [2.75, 3.05) is 5.32 Å². The number of carbonyl (C=O) groups is 1. The van der Waals surface area contributed by atoms with Crippen LogP contribution in [0.2, 0.25) is 0 Å². The van der Waals surface area contributed by atoms with Gasteiger partial charge in [0.25, 0.3) is 0 Å². The number of fused-ring (bicyclic) bond motifs is 2. The highest BCUT2D eigenvalue weighted by Gasteiger charge is 2.38. The first-order valence-electron chi connectivity index (χ1n) is 7.92. The number of hydrogen-bond donors (Lipinski definition) is 2. The summed E-state index contributed by atoms with van der Waals surface area (Å²) in [6, 6.07) is 6.27. The fraction of sp³-hybridized carbons (Fsp3) is 0.333. The molecule has 1 saturated carbocycles. The fourth-order valence-corrected chi connectivity index (χ4v) is 4.06. The first-order valence-corrected chi connectivity index (χ1v) is 7.92. The Labute approximate surface area is 133 Å². The van der Waals surface area contributed by atoms with Crippen molar-refractivity contribution in [2.24, 2.45) is 0 Å². The van der Waals surface area contributed by atoms with E-state index in [2.05, 4.69) is 10.3 Å². The lowest BCUT2D eigenvalue weighted by molar-refractivity contribution is 0.0687. The molecule has 0 spiro atoms. The third-order valence-electron chi connectivity index (χ3n) is 5.01. The van der Waals surface area contributed by atoms with Crippen molar-refractivity contribution in [1.82, 2.24) is 4.98 Å². The standard InChI is InChI=1S/C18H17FN2O2/c19-12-2-1-3-13(8-12)21-14-9-20-17(18(22)23)16-11-6-4-10(5-7-11)15(14)16/h1-3,8-11,21H,4-7H2,(H,22,23). The molecule has 1 aromatic heterocycles. The quantitative estimate of drug-likeness (QED) is 0.881. The molecule has 0 atom stereocenters. The minimum atomic E-state index is -0.967. The molecule has 3 aliphatic rings. The molecule has 1 aromatic carbocycles. The van der Waals surface area contributed by atoms with Crippen LogP contribution in [0, 0.1) is 5.82 Å². The van der Waals surface area contributed by atoms with Gasteiger partial charge in [0.2, 0.25) is 0 Å². The van der Waals surface area contributed by atoms with Crippen LogP contribution in [0.15, 0.2) is 30.5 Å². The fourth-order valence-electron chi connectivity index (χ4n) is 4.06. The molecule has 5 heteroatoms. The number of aromatic nitrogens is 1. The number of nitrogens with zero attached hydrogens (tertiary/aromatic N) is 1. The summed E-state index contributed by atoms with van der Waals surface area (Å²) in [6.45, 7) is 0. The Bertz CT molecular complexity index is 783. The summed E-state index contributed by atoms with van der Waals surface area (Å²) < 4.78 is 13.4. The van der Waals surface area contributed by atoms with Crippen molar-refractivity contribution < 1.29 is 14.3 Å². The van der Waals surface area contributed by atoms with E-state index in [1.54, 1.807) is 18.3 Å². The van der Waals surface area contributed by atoms with Gasteiger partial charge in [-0.3, -0.25) is 0 Å². The second-order valence-corrected chi connectivity index (χ2v) is 6.34. The lowest BCUT2D eigenvalue weighted by atomic mass is 9.66. The van der Waals surface area contributed by atoms with E-state index in [0.717, 1.165) is 42.5 Å². The summed E-state index contributed by atoms with van der Waals surface area (Å²) in [5, 5.41) is 12.7. The van der Waals surface area contributed by atoms with Crippen LogP contribution in [0.25, 0.3) is 0 Å². The van der Waals surface area contributed by atoms with Crippen LogP contribution in [-0.2, 0) is 0 Å². The van der Waals surface area contributed by atoms with Crippen LogP contribution < -0.4 is 5.32 Å². The second-order valence-electron chi connectivity index (χ2n) is 6.34. The minimum absolute atomic E-state index is 0.180. The number of carboxylic acids is 1. The maximum absolute atomic E-state index is 13.4. The van der Waals surface area contributed by atoms with E-state index < -0.39 is 5.97 Å². The molecule has 1 fully saturated rings. The lowest BCUT2D eigenvalue weighted by Crippen LogP contribution is -2.26. The zero-order valence-corrected chi connectivity index (χ0v) is 12.6. The maximum atomic E-state index is 13.4. The van der Waals surface area contributed by atoms with E-state index in [1.165, 1.54) is 12.1 Å². The maximum Gasteiger partial charge on any atom is 0.354 e. The van der Waals surface area contributed by atoms with Crippen molar-refractivity contribution >= 4 is 17.3 Å². The zero-order chi connectivity index (χ0) is 16.0. The number of carboxylic acid groups (broad SMARTS) is 1. The molecule has 23 heavy (non-hydrogen) atoms. The van der Waals surface area contributed by atoms with Crippen molar-refractivity contribution in [2.45, 2.75) is 37.5 Å². The van der Waals surface area contributed by atoms with E-state index in [1.807, 2.05) is 0 Å². The summed E-state index contributed by atoms with van der Waals surface area (Å²) in [4.78, 5) is 15.7. The first kappa shape index (κ1) is 14.2. The van der Waals surface area contributed by atoms with Crippen molar-refractivity contribution in [3.05, 3.63) is 53.1 Å². The van der Waals surface area contributed by atoms with Gasteiger partial charge in [-0.05, 0) is 66.8 Å². The minimum Gasteiger partial charge on any atom is -0.477 e. The molecule has 0 aliphatic heterocycles. The Hall–Kier alpha value is -2.43. The number of rotatable bonds is 3. The van der Waals surface area contributed by atoms with E-state index in [0.29, 0.717) is 11.6 Å². The van der Waals surface area contributed by atoms with Gasteiger partial charge < -0.3 is 10.4 Å². The highest BCUT2D eigenvalue weighted by Crippen LogP contribution is 2.52. The largest absolute Gasteiger partial charge is 0.477 e. The van der Waals surface area contributed by atoms with Gasteiger partial charge >= 0.3 is 5.97 Å². The molecular weight excluding hydrogens is 295 g/mol. The van der Waals surface area contributed by atoms with Crippen LogP contribution in [0.5, 0.6) is 0 Å². The normalized spacial score (nSPS) is 21.8. The molecule has 0 radical (unpaired) electrons. The number of halogens is 1. The van der Waals surface area contributed by atoms with Crippen molar-refractivity contribution in [1.29, 1.82) is 0 Å². The third-order valence-corrected chi connectivity index (χ3v) is 5.01. The monoisotopic (exact) mass is 312 g/mol. The van der Waals surface area contributed by atoms with E-state index in [4.69, 9.17) is 0 Å². The van der Waals surface area contributed by atoms with Crippen LogP contribution in [-0.4, -0.2) is 16.1 Å². The van der Waals surface area contributed by atoms with Gasteiger partial charge in [0, 0.05) is 5.69 Å². The Morgan fingerprint density at radius 1 is 1.17 bits per heavy atom. The summed E-state index contributed by atoms with van der Waals surface area (Å²) in [5.41, 5.74) is 3.60. The number of pyridine rings is 1. The Morgan fingerprint density at radius 2 is 1.87 bits per heavy atom. The molecule has 2 bridgehead atoms. The first-order chi connectivity index (χ1) is 11.1. The van der Waals surface area contributed by atoms with E-state index in [-0.39, 0.29) is 17.4 Å². The van der Waals surface area contributed by atoms with Gasteiger partial charge in [-0.1, -0.05) is 6.07 Å². The molecule has 3 aliphatic carbocycles. The molecular formula is C18H17FN2O2. The van der Waals surface area contributed by atoms with Gasteiger partial charge in [-0.2, -0.15) is 0 Å². The second kappa shape index (κ2) is 5.33. The van der Waals surface area contributed by atoms with Gasteiger partial charge in [0.15, 0.2) is 5.69 Å². The number of benzene rings is 1. The predicted molar refractivity (Wildman–Crippen MR) is 84.8 cm³/mol. The summed E-state index contributed by atoms with van der Waals surface area (Å²) in [5.74, 6) is -0.623. The summed E-state index contributed by atoms with van der Waals surface area (Å²) in [6.07, 6.45) is 5.80. The third kappa shape index (κ3) is 2.36. The Morgan fingerprint density at radius 3 is 2.52 bits per heavy atom. The Balaban J connectivity index is 1.83. The smallest absolute Gasteiger partial charge is 0.354 e. The van der Waals surface area contributed by atoms with Crippen molar-refractivity contribution in [3.63, 3.8) is 0 Å². The lowest BCUT2D eigenvalue weighted by Gasteiger charge is -2.39. The van der Waals surface area contributed by atoms with Crippen LogP contribution in [0.4, 0.5) is 15.8 Å². The summed E-state index contributed by atoms with van der Waals surface area (Å²) in [7, 11) is 0. The molecule has 5 rings (SSSR count). The highest BCUT2D eigenvalue weighted by molar-refractivity contribution is 5.89. The van der Waals surface area contributed by atoms with Gasteiger partial charge in [0.05, 0.1) is 11.9 Å². The predicted octanol–water partition coefficient (Wildman–Crippen LogP) is 4.42. The topological polar surface area (TPSA) is 62.2 Å². The van der Waals surface area contributed by atoms with E-state index in [9.17, 15) is 14.3 Å².